The number of fused-ring (bicyclic) bond motifs is 1. The highest BCUT2D eigenvalue weighted by Gasteiger charge is 2.17. The van der Waals surface area contributed by atoms with Gasteiger partial charge in [0.1, 0.15) is 5.52 Å². The van der Waals surface area contributed by atoms with Crippen molar-refractivity contribution in [2.75, 3.05) is 5.32 Å². The molecule has 1 heterocycles. The van der Waals surface area contributed by atoms with Crippen molar-refractivity contribution in [3.05, 3.63) is 92.5 Å². The molecule has 0 radical (unpaired) electrons. The first-order chi connectivity index (χ1) is 14.4. The summed E-state index contributed by atoms with van der Waals surface area (Å²) in [6.45, 7) is 0. The number of benzene rings is 3. The average molecular weight is 404 g/mol. The van der Waals surface area contributed by atoms with Crippen molar-refractivity contribution in [3.8, 4) is 11.5 Å². The van der Waals surface area contributed by atoms with Crippen LogP contribution in [0.4, 0.5) is 17.1 Å². The van der Waals surface area contributed by atoms with Crippen LogP contribution in [0.1, 0.15) is 10.4 Å². The highest BCUT2D eigenvalue weighted by Crippen LogP contribution is 2.31. The fourth-order valence-corrected chi connectivity index (χ4v) is 2.85. The standard InChI is InChI=1S/C20H12N4O6/c25-19(12-5-7-13(8-6-12)23(26)27)21-16-4-2-1-3-15(16)20-22-17-11-14(24(28)29)9-10-18(17)30-20/h1-11H,(H,21,25). The van der Waals surface area contributed by atoms with Crippen LogP contribution >= 0.6 is 0 Å². The number of oxazole rings is 1. The first-order valence-electron chi connectivity index (χ1n) is 8.62. The topological polar surface area (TPSA) is 141 Å². The summed E-state index contributed by atoms with van der Waals surface area (Å²) >= 11 is 0. The molecule has 0 saturated heterocycles. The smallest absolute Gasteiger partial charge is 0.271 e. The first-order valence-corrected chi connectivity index (χ1v) is 8.62. The fraction of sp³-hybridized carbons (Fsp3) is 0. The second-order valence-electron chi connectivity index (χ2n) is 6.23. The molecule has 10 nitrogen and oxygen atoms in total. The monoisotopic (exact) mass is 404 g/mol. The van der Waals surface area contributed by atoms with Gasteiger partial charge in [0.2, 0.25) is 5.89 Å². The third-order valence-corrected chi connectivity index (χ3v) is 4.33. The van der Waals surface area contributed by atoms with E-state index >= 15 is 0 Å². The van der Waals surface area contributed by atoms with Gasteiger partial charge in [0, 0.05) is 29.8 Å². The van der Waals surface area contributed by atoms with Gasteiger partial charge in [-0.05, 0) is 30.3 Å². The van der Waals surface area contributed by atoms with Gasteiger partial charge in [-0.25, -0.2) is 4.98 Å². The molecule has 0 fully saturated rings. The quantitative estimate of drug-likeness (QED) is 0.379. The maximum Gasteiger partial charge on any atom is 0.271 e. The van der Waals surface area contributed by atoms with E-state index in [2.05, 4.69) is 10.3 Å². The molecular weight excluding hydrogens is 392 g/mol. The number of non-ortho nitro benzene ring substituents is 2. The minimum Gasteiger partial charge on any atom is -0.436 e. The lowest BCUT2D eigenvalue weighted by Gasteiger charge is -2.08. The molecule has 148 valence electrons. The number of para-hydroxylation sites is 1. The third kappa shape index (κ3) is 3.56. The Morgan fingerprint density at radius 2 is 1.57 bits per heavy atom. The molecule has 0 aliphatic heterocycles. The Hall–Kier alpha value is -4.60. The van der Waals surface area contributed by atoms with E-state index in [1.54, 1.807) is 24.3 Å². The maximum atomic E-state index is 12.6. The number of hydrogen-bond acceptors (Lipinski definition) is 7. The van der Waals surface area contributed by atoms with Crippen LogP contribution in [0.15, 0.2) is 71.1 Å². The molecule has 0 saturated carbocycles. The molecule has 10 heteroatoms. The lowest BCUT2D eigenvalue weighted by Crippen LogP contribution is -2.12. The number of anilines is 1. The maximum absolute atomic E-state index is 12.6. The number of carbonyl (C=O) groups is 1. The predicted octanol–water partition coefficient (Wildman–Crippen LogP) is 4.56. The number of nitro benzene ring substituents is 2. The second-order valence-corrected chi connectivity index (χ2v) is 6.23. The molecule has 30 heavy (non-hydrogen) atoms. The molecule has 0 aliphatic rings. The van der Waals surface area contributed by atoms with E-state index in [1.165, 1.54) is 42.5 Å². The number of nitrogens with one attached hydrogen (secondary N) is 1. The van der Waals surface area contributed by atoms with Crippen LogP contribution < -0.4 is 5.32 Å². The molecule has 1 aromatic heterocycles. The largest absolute Gasteiger partial charge is 0.436 e. The van der Waals surface area contributed by atoms with Crippen molar-refractivity contribution in [2.24, 2.45) is 0 Å². The zero-order chi connectivity index (χ0) is 21.3. The number of carbonyl (C=O) groups excluding carboxylic acids is 1. The minimum absolute atomic E-state index is 0.109. The van der Waals surface area contributed by atoms with Crippen LogP contribution in [-0.4, -0.2) is 20.7 Å². The zero-order valence-corrected chi connectivity index (χ0v) is 15.1. The van der Waals surface area contributed by atoms with Crippen molar-refractivity contribution in [3.63, 3.8) is 0 Å². The summed E-state index contributed by atoms with van der Waals surface area (Å²) in [5, 5.41) is 24.4. The molecule has 0 atom stereocenters. The van der Waals surface area contributed by atoms with Crippen molar-refractivity contribution >= 4 is 34.1 Å². The van der Waals surface area contributed by atoms with Gasteiger partial charge in [-0.1, -0.05) is 12.1 Å². The molecule has 1 amide bonds. The van der Waals surface area contributed by atoms with Crippen LogP contribution in [0.5, 0.6) is 0 Å². The highest BCUT2D eigenvalue weighted by molar-refractivity contribution is 6.06. The normalized spacial score (nSPS) is 10.7. The molecule has 1 N–H and O–H groups in total. The van der Waals surface area contributed by atoms with Crippen LogP contribution in [0.3, 0.4) is 0 Å². The number of hydrogen-bond donors (Lipinski definition) is 1. The Kier molecular flexibility index (Phi) is 4.64. The number of aromatic nitrogens is 1. The zero-order valence-electron chi connectivity index (χ0n) is 15.1. The van der Waals surface area contributed by atoms with Crippen LogP contribution in [0.2, 0.25) is 0 Å². The summed E-state index contributed by atoms with van der Waals surface area (Å²) in [4.78, 5) is 37.5. The van der Waals surface area contributed by atoms with Gasteiger partial charge in [0.15, 0.2) is 5.58 Å². The molecule has 3 aromatic carbocycles. The van der Waals surface area contributed by atoms with Gasteiger partial charge in [-0.15, -0.1) is 0 Å². The minimum atomic E-state index is -0.547. The molecule has 4 rings (SSSR count). The van der Waals surface area contributed by atoms with Crippen LogP contribution in [-0.2, 0) is 0 Å². The van der Waals surface area contributed by atoms with Gasteiger partial charge in [0.05, 0.1) is 21.1 Å². The number of nitrogens with zero attached hydrogens (tertiary/aromatic N) is 3. The summed E-state index contributed by atoms with van der Waals surface area (Å²) in [6.07, 6.45) is 0. The number of nitro groups is 2. The van der Waals surface area contributed by atoms with Gasteiger partial charge in [-0.2, -0.15) is 0 Å². The van der Waals surface area contributed by atoms with Gasteiger partial charge in [0.25, 0.3) is 17.3 Å². The summed E-state index contributed by atoms with van der Waals surface area (Å²) in [6, 6.07) is 16.1. The first kappa shape index (κ1) is 18.7. The summed E-state index contributed by atoms with van der Waals surface area (Å²) < 4.78 is 5.70. The number of amides is 1. The van der Waals surface area contributed by atoms with E-state index < -0.39 is 15.8 Å². The third-order valence-electron chi connectivity index (χ3n) is 4.33. The van der Waals surface area contributed by atoms with Gasteiger partial charge >= 0.3 is 0 Å². The van der Waals surface area contributed by atoms with Crippen LogP contribution in [0, 0.1) is 20.2 Å². The Labute approximate surface area is 168 Å². The van der Waals surface area contributed by atoms with Crippen molar-refractivity contribution in [2.45, 2.75) is 0 Å². The predicted molar refractivity (Wildman–Crippen MR) is 107 cm³/mol. The fourth-order valence-electron chi connectivity index (χ4n) is 2.85. The van der Waals surface area contributed by atoms with E-state index in [0.717, 1.165) is 0 Å². The Bertz CT molecular complexity index is 1300. The molecular formula is C20H12N4O6. The van der Waals surface area contributed by atoms with E-state index in [0.29, 0.717) is 22.4 Å². The highest BCUT2D eigenvalue weighted by atomic mass is 16.6. The molecule has 0 bridgehead atoms. The van der Waals surface area contributed by atoms with Crippen LogP contribution in [0.25, 0.3) is 22.6 Å². The second kappa shape index (κ2) is 7.43. The van der Waals surface area contributed by atoms with Gasteiger partial charge < -0.3 is 9.73 Å². The average Bonchev–Trinajstić information content (AvgIpc) is 3.17. The SMILES string of the molecule is O=C(Nc1ccccc1-c1nc2cc([N+](=O)[O-])ccc2o1)c1ccc([N+](=O)[O-])cc1. The van der Waals surface area contributed by atoms with E-state index in [9.17, 15) is 25.0 Å². The Morgan fingerprint density at radius 3 is 2.27 bits per heavy atom. The summed E-state index contributed by atoms with van der Waals surface area (Å²) in [7, 11) is 0. The van der Waals surface area contributed by atoms with E-state index in [4.69, 9.17) is 4.42 Å². The molecule has 0 unspecified atom stereocenters. The van der Waals surface area contributed by atoms with Crippen molar-refractivity contribution in [1.29, 1.82) is 0 Å². The lowest BCUT2D eigenvalue weighted by atomic mass is 10.1. The number of rotatable bonds is 5. The molecule has 4 aromatic rings. The lowest BCUT2D eigenvalue weighted by molar-refractivity contribution is -0.385. The molecule has 0 aliphatic carbocycles. The molecule has 0 spiro atoms. The van der Waals surface area contributed by atoms with Gasteiger partial charge in [-0.3, -0.25) is 25.0 Å². The van der Waals surface area contributed by atoms with Crippen molar-refractivity contribution in [1.82, 2.24) is 4.98 Å². The Balaban J connectivity index is 1.65. The van der Waals surface area contributed by atoms with Crippen molar-refractivity contribution < 1.29 is 19.1 Å². The Morgan fingerprint density at radius 1 is 0.900 bits per heavy atom. The van der Waals surface area contributed by atoms with E-state index in [-0.39, 0.29) is 22.8 Å². The summed E-state index contributed by atoms with van der Waals surface area (Å²) in [5.41, 5.74) is 1.58. The van der Waals surface area contributed by atoms with E-state index in [1.807, 2.05) is 0 Å². The summed E-state index contributed by atoms with van der Waals surface area (Å²) in [5.74, 6) is -0.283.